The first-order valence-corrected chi connectivity index (χ1v) is 2.26. The summed E-state index contributed by atoms with van der Waals surface area (Å²) in [4.78, 5) is 0. The van der Waals surface area contributed by atoms with Crippen molar-refractivity contribution < 1.29 is 12.4 Å². The van der Waals surface area contributed by atoms with E-state index in [1.165, 1.54) is 0 Å². The Labute approximate surface area is 100 Å². The van der Waals surface area contributed by atoms with Gasteiger partial charge in [-0.3, -0.25) is 0 Å². The largest absolute Gasteiger partial charge is 2.00 e. The van der Waals surface area contributed by atoms with Gasteiger partial charge in [0.1, 0.15) is 0 Å². The van der Waals surface area contributed by atoms with Gasteiger partial charge in [0.2, 0.25) is 0 Å². The molecule has 1 aromatic carbocycles. The van der Waals surface area contributed by atoms with Crippen LogP contribution in [0.4, 0.5) is 0 Å². The van der Waals surface area contributed by atoms with Crippen molar-refractivity contribution in [1.29, 1.82) is 0 Å². The number of benzene rings is 1. The number of rotatable bonds is 0. The zero-order valence-corrected chi connectivity index (χ0v) is 9.47. The van der Waals surface area contributed by atoms with Crippen molar-refractivity contribution >= 4 is 46.1 Å². The molecule has 0 aliphatic rings. The molecule has 0 aliphatic carbocycles. The molecule has 0 heterocycles. The molecular formula is C7H7ClMg2. The minimum atomic E-state index is 0. The Balaban J connectivity index is -0.000000163. The summed E-state index contributed by atoms with van der Waals surface area (Å²) in [5, 5.41) is 0. The molecule has 3 heteroatoms. The van der Waals surface area contributed by atoms with Crippen molar-refractivity contribution in [3.8, 4) is 0 Å². The van der Waals surface area contributed by atoms with E-state index < -0.39 is 0 Å². The fourth-order valence-corrected chi connectivity index (χ4v) is 0.478. The maximum absolute atomic E-state index is 3.72. The number of hydrogen-bond donors (Lipinski definition) is 0. The van der Waals surface area contributed by atoms with Crippen LogP contribution in [0.1, 0.15) is 5.56 Å². The number of hydrogen-bond acceptors (Lipinski definition) is 0. The van der Waals surface area contributed by atoms with Crippen LogP contribution in [-0.2, 0) is 0 Å². The fourth-order valence-electron chi connectivity index (χ4n) is 0.478. The maximum Gasteiger partial charge on any atom is 2.00 e. The number of halogens is 1. The Kier molecular flexibility index (Phi) is 17.0. The van der Waals surface area contributed by atoms with Gasteiger partial charge in [-0.1, -0.05) is 6.07 Å². The van der Waals surface area contributed by atoms with Gasteiger partial charge in [0.05, 0.1) is 0 Å². The summed E-state index contributed by atoms with van der Waals surface area (Å²) < 4.78 is 0. The van der Waals surface area contributed by atoms with Crippen molar-refractivity contribution in [3.05, 3.63) is 42.8 Å². The summed E-state index contributed by atoms with van der Waals surface area (Å²) in [7, 11) is 0. The summed E-state index contributed by atoms with van der Waals surface area (Å²) in [6.07, 6.45) is 0. The Morgan fingerprint density at radius 1 is 1.00 bits per heavy atom. The van der Waals surface area contributed by atoms with Crippen molar-refractivity contribution in [2.45, 2.75) is 0 Å². The van der Waals surface area contributed by atoms with Crippen LogP contribution in [0.2, 0.25) is 0 Å². The van der Waals surface area contributed by atoms with E-state index in [9.17, 15) is 0 Å². The second-order valence-electron chi connectivity index (χ2n) is 1.49. The third-order valence-electron chi connectivity index (χ3n) is 0.843. The van der Waals surface area contributed by atoms with E-state index in [0.29, 0.717) is 0 Å². The Morgan fingerprint density at radius 3 is 1.60 bits per heavy atom. The second-order valence-corrected chi connectivity index (χ2v) is 1.49. The van der Waals surface area contributed by atoms with Crippen LogP contribution in [0, 0.1) is 6.92 Å². The first-order chi connectivity index (χ1) is 3.39. The van der Waals surface area contributed by atoms with Gasteiger partial charge >= 0.3 is 23.1 Å². The maximum atomic E-state index is 3.72. The van der Waals surface area contributed by atoms with E-state index in [4.69, 9.17) is 0 Å². The van der Waals surface area contributed by atoms with Crippen LogP contribution in [0.15, 0.2) is 30.3 Å². The molecule has 0 spiro atoms. The standard InChI is InChI=1S/C7H7.ClH.2Mg/c1-7-5-3-2-4-6-7;;;/h2-6H,1H2;1H;;/q-1;;;+2/p-1. The zero-order valence-electron chi connectivity index (χ0n) is 5.89. The molecule has 46 valence electrons. The van der Waals surface area contributed by atoms with E-state index in [1.807, 2.05) is 30.3 Å². The molecule has 1 aromatic rings. The molecule has 0 N–H and O–H groups in total. The third-order valence-corrected chi connectivity index (χ3v) is 0.843. The van der Waals surface area contributed by atoms with E-state index in [1.54, 1.807) is 0 Å². The van der Waals surface area contributed by atoms with Crippen molar-refractivity contribution in [1.82, 2.24) is 0 Å². The second kappa shape index (κ2) is 9.91. The van der Waals surface area contributed by atoms with Crippen molar-refractivity contribution in [2.75, 3.05) is 0 Å². The van der Waals surface area contributed by atoms with Crippen LogP contribution in [-0.4, -0.2) is 46.1 Å². The van der Waals surface area contributed by atoms with Crippen LogP contribution in [0.5, 0.6) is 0 Å². The van der Waals surface area contributed by atoms with E-state index in [-0.39, 0.29) is 58.5 Å². The van der Waals surface area contributed by atoms with Crippen LogP contribution in [0.25, 0.3) is 0 Å². The average Bonchev–Trinajstić information content (AvgIpc) is 1.69. The van der Waals surface area contributed by atoms with Crippen LogP contribution < -0.4 is 12.4 Å². The average molecular weight is 175 g/mol. The molecular weight excluding hydrogens is 168 g/mol. The van der Waals surface area contributed by atoms with Crippen LogP contribution in [0.3, 0.4) is 0 Å². The molecule has 1 rings (SSSR count). The van der Waals surface area contributed by atoms with Gasteiger partial charge in [-0.15, -0.1) is 12.1 Å². The predicted octanol–water partition coefficient (Wildman–Crippen LogP) is -1.89. The fraction of sp³-hybridized carbons (Fsp3) is 0. The van der Waals surface area contributed by atoms with Crippen LogP contribution >= 0.6 is 0 Å². The molecule has 0 atom stereocenters. The molecule has 10 heavy (non-hydrogen) atoms. The van der Waals surface area contributed by atoms with E-state index in [2.05, 4.69) is 6.92 Å². The molecule has 0 saturated heterocycles. The minimum absolute atomic E-state index is 0. The molecule has 0 aromatic heterocycles. The summed E-state index contributed by atoms with van der Waals surface area (Å²) in [5.41, 5.74) is 1.07. The van der Waals surface area contributed by atoms with E-state index >= 15 is 0 Å². The molecule has 0 nitrogen and oxygen atoms in total. The van der Waals surface area contributed by atoms with Gasteiger partial charge in [0.25, 0.3) is 0 Å². The van der Waals surface area contributed by atoms with Gasteiger partial charge in [-0.25, -0.2) is 0 Å². The normalized spacial score (nSPS) is 6.00. The van der Waals surface area contributed by atoms with Crippen molar-refractivity contribution in [3.63, 3.8) is 0 Å². The predicted molar refractivity (Wildman–Crippen MR) is 42.4 cm³/mol. The topological polar surface area (TPSA) is 0 Å². The van der Waals surface area contributed by atoms with Crippen molar-refractivity contribution in [2.24, 2.45) is 0 Å². The molecule has 0 saturated carbocycles. The summed E-state index contributed by atoms with van der Waals surface area (Å²) in [6.45, 7) is 3.72. The van der Waals surface area contributed by atoms with E-state index in [0.717, 1.165) is 5.56 Å². The summed E-state index contributed by atoms with van der Waals surface area (Å²) in [6, 6.07) is 9.87. The molecule has 0 unspecified atom stereocenters. The monoisotopic (exact) mass is 174 g/mol. The Morgan fingerprint density at radius 2 is 1.40 bits per heavy atom. The molecule has 2 radical (unpaired) electrons. The quantitative estimate of drug-likeness (QED) is 0.319. The summed E-state index contributed by atoms with van der Waals surface area (Å²) >= 11 is 0. The first kappa shape index (κ1) is 17.1. The molecule has 0 amide bonds. The SMILES string of the molecule is [CH2-]c1ccccc1.[Cl-].[Mg+2].[Mg]. The molecule has 0 bridgehead atoms. The third kappa shape index (κ3) is 7.02. The Hall–Kier alpha value is 0.912. The molecule has 0 aliphatic heterocycles. The Bertz CT molecular complexity index is 142. The zero-order chi connectivity index (χ0) is 5.11. The van der Waals surface area contributed by atoms with Gasteiger partial charge < -0.3 is 12.4 Å². The smallest absolute Gasteiger partial charge is 1.00 e. The minimum Gasteiger partial charge on any atom is -1.00 e. The van der Waals surface area contributed by atoms with Gasteiger partial charge in [-0.05, 0) is 0 Å². The van der Waals surface area contributed by atoms with Gasteiger partial charge in [0.15, 0.2) is 0 Å². The van der Waals surface area contributed by atoms with Gasteiger partial charge in [0, 0.05) is 23.1 Å². The first-order valence-electron chi connectivity index (χ1n) is 2.26. The van der Waals surface area contributed by atoms with Gasteiger partial charge in [-0.2, -0.15) is 24.6 Å². The summed E-state index contributed by atoms with van der Waals surface area (Å²) in [5.74, 6) is 0. The molecule has 0 fully saturated rings.